The molecule has 0 aromatic heterocycles. The van der Waals surface area contributed by atoms with E-state index in [1.807, 2.05) is 36.4 Å². The van der Waals surface area contributed by atoms with Crippen molar-refractivity contribution in [3.63, 3.8) is 0 Å². The quantitative estimate of drug-likeness (QED) is 0.293. The van der Waals surface area contributed by atoms with E-state index >= 15 is 0 Å². The van der Waals surface area contributed by atoms with Gasteiger partial charge in [-0.25, -0.2) is 19.2 Å². The molecule has 192 valence electrons. The molecule has 10 nitrogen and oxygen atoms in total. The lowest BCUT2D eigenvalue weighted by Gasteiger charge is -2.34. The van der Waals surface area contributed by atoms with Crippen LogP contribution in [0.5, 0.6) is 11.5 Å². The van der Waals surface area contributed by atoms with E-state index in [4.69, 9.17) is 9.47 Å². The lowest BCUT2D eigenvalue weighted by Crippen LogP contribution is -2.41. The molecule has 1 aliphatic rings. The number of aromatic carboxylic acids is 4. The Labute approximate surface area is 215 Å². The predicted molar refractivity (Wildman–Crippen MR) is 133 cm³/mol. The van der Waals surface area contributed by atoms with E-state index in [0.717, 1.165) is 35.4 Å². The summed E-state index contributed by atoms with van der Waals surface area (Å²) in [4.78, 5) is 46.2. The number of carbonyl (C=O) groups is 4. The van der Waals surface area contributed by atoms with Gasteiger partial charge in [-0.1, -0.05) is 42.5 Å². The second kappa shape index (κ2) is 10.3. The van der Waals surface area contributed by atoms with Crippen LogP contribution in [0.1, 0.15) is 53.4 Å². The zero-order valence-electron chi connectivity index (χ0n) is 19.5. The van der Waals surface area contributed by atoms with E-state index in [1.54, 1.807) is 12.2 Å². The molecule has 4 rings (SSSR count). The predicted octanol–water partition coefficient (Wildman–Crippen LogP) is 4.68. The lowest BCUT2D eigenvalue weighted by atomic mass is 9.96. The van der Waals surface area contributed by atoms with E-state index < -0.39 is 51.9 Å². The minimum atomic E-state index is -1.61. The highest BCUT2D eigenvalue weighted by atomic mass is 16.7. The van der Waals surface area contributed by atoms with E-state index in [2.05, 4.69) is 0 Å². The van der Waals surface area contributed by atoms with E-state index in [1.165, 1.54) is 12.1 Å². The van der Waals surface area contributed by atoms with E-state index in [9.17, 15) is 39.6 Å². The van der Waals surface area contributed by atoms with Crippen LogP contribution >= 0.6 is 0 Å². The number of rotatable bonds is 9. The fourth-order valence-electron chi connectivity index (χ4n) is 3.92. The Balaban J connectivity index is 1.75. The van der Waals surface area contributed by atoms with Crippen molar-refractivity contribution in [2.75, 3.05) is 0 Å². The molecule has 1 aliphatic carbocycles. The summed E-state index contributed by atoms with van der Waals surface area (Å²) in [6.07, 6.45) is 5.17. The van der Waals surface area contributed by atoms with Crippen molar-refractivity contribution in [3.05, 3.63) is 113 Å². The molecule has 0 fully saturated rings. The molecule has 0 saturated carbocycles. The van der Waals surface area contributed by atoms with Gasteiger partial charge >= 0.3 is 23.9 Å². The highest BCUT2D eigenvalue weighted by Crippen LogP contribution is 2.35. The minimum absolute atomic E-state index is 0.0192. The summed E-state index contributed by atoms with van der Waals surface area (Å²) in [5.41, 5.74) is -0.0984. The van der Waals surface area contributed by atoms with Crippen LogP contribution in [0.3, 0.4) is 0 Å². The first-order chi connectivity index (χ1) is 18.1. The Bertz CT molecular complexity index is 1420. The first kappa shape index (κ1) is 25.7. The highest BCUT2D eigenvalue weighted by Gasteiger charge is 2.35. The van der Waals surface area contributed by atoms with Gasteiger partial charge in [-0.2, -0.15) is 0 Å². The Morgan fingerprint density at radius 2 is 1.11 bits per heavy atom. The van der Waals surface area contributed by atoms with Gasteiger partial charge in [-0.15, -0.1) is 0 Å². The smallest absolute Gasteiger partial charge is 0.336 e. The van der Waals surface area contributed by atoms with E-state index in [-0.39, 0.29) is 17.9 Å². The van der Waals surface area contributed by atoms with Gasteiger partial charge in [0.2, 0.25) is 0 Å². The monoisotopic (exact) mass is 516 g/mol. The Kier molecular flexibility index (Phi) is 6.98. The van der Waals surface area contributed by atoms with Crippen LogP contribution in [-0.2, 0) is 0 Å². The van der Waals surface area contributed by atoms with Crippen LogP contribution in [0, 0.1) is 0 Å². The third-order valence-corrected chi connectivity index (χ3v) is 5.72. The van der Waals surface area contributed by atoms with E-state index in [0.29, 0.717) is 0 Å². The van der Waals surface area contributed by atoms with Crippen molar-refractivity contribution >= 4 is 29.5 Å². The molecule has 0 bridgehead atoms. The van der Waals surface area contributed by atoms with Crippen LogP contribution in [0.4, 0.5) is 0 Å². The maximum atomic E-state index is 11.7. The lowest BCUT2D eigenvalue weighted by molar-refractivity contribution is -0.0686. The molecule has 0 unspecified atom stereocenters. The average molecular weight is 516 g/mol. The maximum Gasteiger partial charge on any atom is 0.336 e. The molecule has 38 heavy (non-hydrogen) atoms. The molecule has 0 amide bonds. The second-order valence-electron chi connectivity index (χ2n) is 8.21. The van der Waals surface area contributed by atoms with Crippen molar-refractivity contribution in [2.45, 2.75) is 12.2 Å². The number of carboxylic acid groups (broad SMARTS) is 4. The molecule has 0 heterocycles. The standard InChI is InChI=1S/C28H20O10/c29-24(30)20-8-6-18(14-22(20)26(33)34)37-28(12-10-17(11-13-28)16-4-2-1-3-5-16)38-19-7-9-21(25(31)32)23(15-19)27(35)36/h1-12,14-15H,13H2,(H,29,30)(H,31,32)(H,33,34)(H,35,36). The average Bonchev–Trinajstić information content (AvgIpc) is 2.89. The van der Waals surface area contributed by atoms with Crippen molar-refractivity contribution in [1.29, 1.82) is 0 Å². The van der Waals surface area contributed by atoms with Crippen molar-refractivity contribution in [1.82, 2.24) is 0 Å². The molecule has 0 atom stereocenters. The number of ether oxygens (including phenoxy) is 2. The van der Waals surface area contributed by atoms with Crippen LogP contribution in [-0.4, -0.2) is 50.1 Å². The van der Waals surface area contributed by atoms with Gasteiger partial charge in [-0.05, 0) is 47.5 Å². The summed E-state index contributed by atoms with van der Waals surface area (Å²) in [5, 5.41) is 37.6. The summed E-state index contributed by atoms with van der Waals surface area (Å²) in [7, 11) is 0. The van der Waals surface area contributed by atoms with Gasteiger partial charge in [0.1, 0.15) is 11.5 Å². The van der Waals surface area contributed by atoms with Gasteiger partial charge in [-0.3, -0.25) is 0 Å². The van der Waals surface area contributed by atoms with Crippen molar-refractivity contribution in [3.8, 4) is 11.5 Å². The second-order valence-corrected chi connectivity index (χ2v) is 8.21. The molecule has 3 aromatic rings. The van der Waals surface area contributed by atoms with Gasteiger partial charge in [0.05, 0.1) is 22.3 Å². The molecule has 0 spiro atoms. The molecular formula is C28H20O10. The number of benzene rings is 3. The van der Waals surface area contributed by atoms with Gasteiger partial charge < -0.3 is 29.9 Å². The number of hydrogen-bond acceptors (Lipinski definition) is 6. The summed E-state index contributed by atoms with van der Waals surface area (Å²) < 4.78 is 12.1. The molecule has 3 aromatic carbocycles. The zero-order chi connectivity index (χ0) is 27.4. The van der Waals surface area contributed by atoms with Gasteiger partial charge in [0.25, 0.3) is 5.79 Å². The summed E-state index contributed by atoms with van der Waals surface area (Å²) >= 11 is 0. The SMILES string of the molecule is O=C(O)c1ccc(OC2(Oc3ccc(C(=O)O)c(C(=O)O)c3)C=CC(c3ccccc3)=CC2)cc1C(=O)O. The van der Waals surface area contributed by atoms with Crippen LogP contribution in [0.2, 0.25) is 0 Å². The fraction of sp³-hybridized carbons (Fsp3) is 0.0714. The molecule has 10 heteroatoms. The topological polar surface area (TPSA) is 168 Å². The van der Waals surface area contributed by atoms with Crippen LogP contribution < -0.4 is 9.47 Å². The summed E-state index contributed by atoms with van der Waals surface area (Å²) in [6.45, 7) is 0. The van der Waals surface area contributed by atoms with Crippen molar-refractivity contribution in [2.24, 2.45) is 0 Å². The van der Waals surface area contributed by atoms with Crippen LogP contribution in [0.15, 0.2) is 85.0 Å². The largest absolute Gasteiger partial charge is 0.478 e. The third-order valence-electron chi connectivity index (χ3n) is 5.72. The Hall–Kier alpha value is -5.38. The van der Waals surface area contributed by atoms with Crippen LogP contribution in [0.25, 0.3) is 5.57 Å². The minimum Gasteiger partial charge on any atom is -0.478 e. The number of carboxylic acids is 4. The third kappa shape index (κ3) is 5.39. The summed E-state index contributed by atoms with van der Waals surface area (Å²) in [6, 6.07) is 16.3. The molecule has 0 saturated heterocycles. The highest BCUT2D eigenvalue weighted by molar-refractivity contribution is 6.02. The molecule has 0 aliphatic heterocycles. The molecular weight excluding hydrogens is 496 g/mol. The normalized spacial score (nSPS) is 13.7. The summed E-state index contributed by atoms with van der Waals surface area (Å²) in [5.74, 6) is -7.43. The zero-order valence-corrected chi connectivity index (χ0v) is 19.5. The fourth-order valence-corrected chi connectivity index (χ4v) is 3.92. The first-order valence-corrected chi connectivity index (χ1v) is 11.1. The van der Waals surface area contributed by atoms with Gasteiger partial charge in [0.15, 0.2) is 0 Å². The Morgan fingerprint density at radius 3 is 1.50 bits per heavy atom. The number of allylic oxidation sites excluding steroid dienone is 2. The first-order valence-electron chi connectivity index (χ1n) is 11.1. The maximum absolute atomic E-state index is 11.7. The Morgan fingerprint density at radius 1 is 0.632 bits per heavy atom. The number of hydrogen-bond donors (Lipinski definition) is 4. The molecule has 4 N–H and O–H groups in total. The molecule has 0 radical (unpaired) electrons. The van der Waals surface area contributed by atoms with Crippen molar-refractivity contribution < 1.29 is 49.1 Å². The van der Waals surface area contributed by atoms with Gasteiger partial charge in [0, 0.05) is 12.5 Å².